The van der Waals surface area contributed by atoms with Crippen molar-refractivity contribution in [1.82, 2.24) is 0 Å². The van der Waals surface area contributed by atoms with Gasteiger partial charge in [0.05, 0.1) is 6.61 Å². The van der Waals surface area contributed by atoms with Gasteiger partial charge in [-0.05, 0) is 78.0 Å². The number of rotatable bonds is 9. The van der Waals surface area contributed by atoms with Gasteiger partial charge in [-0.25, -0.2) is 14.4 Å². The smallest absolute Gasteiger partial charge is 0.458 e. The number of carbonyl (C=O) groups is 4. The van der Waals surface area contributed by atoms with Gasteiger partial charge in [0, 0.05) is 0 Å². The van der Waals surface area contributed by atoms with E-state index in [-0.39, 0.29) is 36.5 Å². The molecular formula is C28H43NO11. The van der Waals surface area contributed by atoms with Gasteiger partial charge in [-0.3, -0.25) is 4.79 Å². The summed E-state index contributed by atoms with van der Waals surface area (Å²) >= 11 is 0. The molecule has 0 unspecified atom stereocenters. The fraction of sp³-hybridized carbons (Fsp3) is 0.643. The van der Waals surface area contributed by atoms with Crippen LogP contribution in [0.4, 0.5) is 14.4 Å². The molecule has 0 aliphatic carbocycles. The van der Waals surface area contributed by atoms with Crippen molar-refractivity contribution in [1.29, 1.82) is 0 Å². The zero-order valence-corrected chi connectivity index (χ0v) is 25.1. The lowest BCUT2D eigenvalue weighted by Crippen LogP contribution is -2.37. The van der Waals surface area contributed by atoms with E-state index in [2.05, 4.69) is 0 Å². The summed E-state index contributed by atoms with van der Waals surface area (Å²) in [5.74, 6) is -0.999. The number of hydrogen-bond donors (Lipinski definition) is 1. The summed E-state index contributed by atoms with van der Waals surface area (Å²) in [6, 6.07) is 3.18. The third-order valence-corrected chi connectivity index (χ3v) is 4.31. The number of hydrogen-bond acceptors (Lipinski definition) is 12. The van der Waals surface area contributed by atoms with E-state index < -0.39 is 47.8 Å². The molecule has 0 fully saturated rings. The molecule has 12 heteroatoms. The number of carbonyl (C=O) groups excluding carboxylic acids is 4. The van der Waals surface area contributed by atoms with Gasteiger partial charge in [-0.2, -0.15) is 0 Å². The van der Waals surface area contributed by atoms with Crippen molar-refractivity contribution in [3.05, 3.63) is 23.8 Å². The molecule has 0 amide bonds. The van der Waals surface area contributed by atoms with Crippen LogP contribution in [-0.4, -0.2) is 61.0 Å². The van der Waals surface area contributed by atoms with Crippen LogP contribution in [-0.2, 0) is 34.9 Å². The zero-order chi connectivity index (χ0) is 30.9. The topological polar surface area (TPSA) is 159 Å². The average molecular weight is 570 g/mol. The third-order valence-electron chi connectivity index (χ3n) is 4.31. The molecule has 226 valence electrons. The second-order valence-corrected chi connectivity index (χ2v) is 12.4. The van der Waals surface area contributed by atoms with E-state index in [4.69, 9.17) is 38.9 Å². The first kappa shape index (κ1) is 34.5. The van der Waals surface area contributed by atoms with Gasteiger partial charge < -0.3 is 38.9 Å². The summed E-state index contributed by atoms with van der Waals surface area (Å²) in [4.78, 5) is 48.7. The van der Waals surface area contributed by atoms with Gasteiger partial charge in [0.1, 0.15) is 30.0 Å². The normalized spacial score (nSPS) is 13.4. The lowest BCUT2D eigenvalue weighted by atomic mass is 9.99. The molecule has 2 atom stereocenters. The Kier molecular flexibility index (Phi) is 12.2. The van der Waals surface area contributed by atoms with E-state index >= 15 is 0 Å². The second kappa shape index (κ2) is 14.2. The molecule has 0 bridgehead atoms. The highest BCUT2D eigenvalue weighted by Gasteiger charge is 2.25. The lowest BCUT2D eigenvalue weighted by Gasteiger charge is -2.21. The van der Waals surface area contributed by atoms with E-state index in [1.807, 2.05) is 20.8 Å². The van der Waals surface area contributed by atoms with Crippen LogP contribution in [0.15, 0.2) is 18.2 Å². The van der Waals surface area contributed by atoms with Gasteiger partial charge in [0.15, 0.2) is 11.5 Å². The highest BCUT2D eigenvalue weighted by Crippen LogP contribution is 2.31. The largest absolute Gasteiger partial charge is 0.514 e. The quantitative estimate of drug-likeness (QED) is 0.232. The summed E-state index contributed by atoms with van der Waals surface area (Å²) in [7, 11) is 0. The van der Waals surface area contributed by atoms with Crippen LogP contribution in [0.3, 0.4) is 0 Å². The highest BCUT2D eigenvalue weighted by atomic mass is 16.8. The minimum Gasteiger partial charge on any atom is -0.458 e. The average Bonchev–Trinajstić information content (AvgIpc) is 2.74. The van der Waals surface area contributed by atoms with Crippen molar-refractivity contribution < 1.29 is 52.3 Å². The molecular weight excluding hydrogens is 526 g/mol. The van der Waals surface area contributed by atoms with Crippen molar-refractivity contribution in [3.63, 3.8) is 0 Å². The molecule has 1 aromatic rings. The van der Waals surface area contributed by atoms with Crippen LogP contribution in [0.5, 0.6) is 11.5 Å². The van der Waals surface area contributed by atoms with Crippen LogP contribution in [0.2, 0.25) is 0 Å². The van der Waals surface area contributed by atoms with Crippen molar-refractivity contribution in [3.8, 4) is 11.5 Å². The summed E-state index contributed by atoms with van der Waals surface area (Å²) in [6.45, 7) is 17.2. The minimum absolute atomic E-state index is 0.0164. The van der Waals surface area contributed by atoms with Crippen molar-refractivity contribution in [2.24, 2.45) is 11.1 Å². The van der Waals surface area contributed by atoms with E-state index in [0.29, 0.717) is 5.56 Å². The molecule has 0 radical (unpaired) electrons. The molecule has 1 aromatic carbocycles. The monoisotopic (exact) mass is 569 g/mol. The molecule has 0 heterocycles. The summed E-state index contributed by atoms with van der Waals surface area (Å²) < 4.78 is 36.1. The number of ether oxygens (including phenoxy) is 7. The van der Waals surface area contributed by atoms with Crippen LogP contribution < -0.4 is 15.2 Å². The first-order valence-corrected chi connectivity index (χ1v) is 12.8. The maximum absolute atomic E-state index is 12.5. The molecule has 40 heavy (non-hydrogen) atoms. The molecule has 0 saturated carbocycles. The molecule has 12 nitrogen and oxygen atoms in total. The third kappa shape index (κ3) is 15.2. The number of benzene rings is 1. The van der Waals surface area contributed by atoms with Gasteiger partial charge in [-0.1, -0.05) is 26.8 Å². The van der Waals surface area contributed by atoms with E-state index in [1.165, 1.54) is 25.1 Å². The molecule has 0 aliphatic heterocycles. The van der Waals surface area contributed by atoms with Crippen LogP contribution in [0.1, 0.15) is 74.8 Å². The lowest BCUT2D eigenvalue weighted by molar-refractivity contribution is -0.152. The van der Waals surface area contributed by atoms with E-state index in [0.717, 1.165) is 0 Å². The van der Waals surface area contributed by atoms with Crippen molar-refractivity contribution >= 4 is 24.4 Å². The Labute approximate surface area is 235 Å². The summed E-state index contributed by atoms with van der Waals surface area (Å²) in [6.07, 6.45) is -3.70. The highest BCUT2D eigenvalue weighted by molar-refractivity contribution is 5.76. The summed E-state index contributed by atoms with van der Waals surface area (Å²) in [5.41, 5.74) is 4.62. The second-order valence-electron chi connectivity index (χ2n) is 12.4. The Hall–Kier alpha value is -3.54. The SMILES string of the molecule is C[C@@H](COC(=O)OCC(C)(C)C)OC(=O)[C@@H](N)Cc1ccc(OC(=O)OC(C)(C)C)c(OC(=O)OC(C)(C)C)c1. The first-order chi connectivity index (χ1) is 18.1. The number of esters is 1. The Morgan fingerprint density at radius 1 is 0.775 bits per heavy atom. The van der Waals surface area contributed by atoms with Gasteiger partial charge in [-0.15, -0.1) is 0 Å². The van der Waals surface area contributed by atoms with Crippen LogP contribution in [0, 0.1) is 5.41 Å². The van der Waals surface area contributed by atoms with Crippen molar-refractivity contribution in [2.75, 3.05) is 13.2 Å². The molecule has 0 aliphatic rings. The van der Waals surface area contributed by atoms with E-state index in [1.54, 1.807) is 41.5 Å². The van der Waals surface area contributed by atoms with Crippen LogP contribution in [0.25, 0.3) is 0 Å². The standard InChI is InChI=1S/C28H43NO11/c1-17(15-34-23(31)35-16-26(2,3)4)36-22(30)19(29)13-18-11-12-20(37-24(32)39-27(5,6)7)21(14-18)38-25(33)40-28(8,9)10/h11-12,14,17,19H,13,15-16,29H2,1-10H3/t17-,19-/m0/s1. The van der Waals surface area contributed by atoms with Gasteiger partial charge in [0.25, 0.3) is 0 Å². The Bertz CT molecular complexity index is 1030. The molecule has 1 rings (SSSR count). The predicted molar refractivity (Wildman–Crippen MR) is 144 cm³/mol. The Balaban J connectivity index is 2.88. The minimum atomic E-state index is -1.11. The zero-order valence-electron chi connectivity index (χ0n) is 25.1. The van der Waals surface area contributed by atoms with Gasteiger partial charge in [0.2, 0.25) is 0 Å². The Morgan fingerprint density at radius 2 is 1.30 bits per heavy atom. The maximum Gasteiger partial charge on any atom is 0.514 e. The number of nitrogens with two attached hydrogens (primary N) is 1. The predicted octanol–water partition coefficient (Wildman–Crippen LogP) is 5.32. The fourth-order valence-electron chi connectivity index (χ4n) is 2.72. The van der Waals surface area contributed by atoms with Gasteiger partial charge >= 0.3 is 24.4 Å². The molecule has 0 aromatic heterocycles. The van der Waals surface area contributed by atoms with Crippen molar-refractivity contribution in [2.45, 2.75) is 99.0 Å². The Morgan fingerprint density at radius 3 is 1.80 bits per heavy atom. The van der Waals surface area contributed by atoms with Crippen LogP contribution >= 0.6 is 0 Å². The molecule has 0 spiro atoms. The van der Waals surface area contributed by atoms with E-state index in [9.17, 15) is 19.2 Å². The molecule has 2 N–H and O–H groups in total. The maximum atomic E-state index is 12.5. The fourth-order valence-corrected chi connectivity index (χ4v) is 2.72. The first-order valence-electron chi connectivity index (χ1n) is 12.8. The molecule has 0 saturated heterocycles. The summed E-state index contributed by atoms with van der Waals surface area (Å²) in [5, 5.41) is 0.